The van der Waals surface area contributed by atoms with E-state index in [1.165, 1.54) is 0 Å². The van der Waals surface area contributed by atoms with Crippen LogP contribution in [0.4, 0.5) is 0 Å². The molecule has 1 aliphatic carbocycles. The van der Waals surface area contributed by atoms with E-state index in [9.17, 15) is 8.42 Å². The molecule has 2 aliphatic rings. The number of imidazole rings is 1. The number of hydrogen-bond acceptors (Lipinski definition) is 4. The van der Waals surface area contributed by atoms with Crippen molar-refractivity contribution in [2.75, 3.05) is 13.1 Å². The van der Waals surface area contributed by atoms with Gasteiger partial charge < -0.3 is 10.3 Å². The molecular weight excluding hydrogens is 288 g/mol. The highest BCUT2D eigenvalue weighted by molar-refractivity contribution is 7.89. The van der Waals surface area contributed by atoms with Crippen LogP contribution < -0.4 is 5.73 Å². The number of fused-ring (bicyclic) bond motifs is 1. The van der Waals surface area contributed by atoms with Crippen molar-refractivity contribution < 1.29 is 8.42 Å². The van der Waals surface area contributed by atoms with E-state index >= 15 is 0 Å². The molecule has 1 saturated carbocycles. The first-order valence-corrected chi connectivity index (χ1v) is 9.17. The number of hydrogen-bond donors (Lipinski definition) is 1. The molecular formula is C14H24N4O2S. The first-order chi connectivity index (χ1) is 9.93. The molecule has 0 aromatic carbocycles. The summed E-state index contributed by atoms with van der Waals surface area (Å²) in [4.78, 5) is 4.24. The molecule has 1 aromatic heterocycles. The third-order valence-corrected chi connectivity index (χ3v) is 6.72. The van der Waals surface area contributed by atoms with Crippen molar-refractivity contribution >= 4 is 10.0 Å². The van der Waals surface area contributed by atoms with Crippen LogP contribution in [0.25, 0.3) is 0 Å². The van der Waals surface area contributed by atoms with E-state index in [1.54, 1.807) is 10.5 Å². The summed E-state index contributed by atoms with van der Waals surface area (Å²) < 4.78 is 29.0. The van der Waals surface area contributed by atoms with E-state index < -0.39 is 10.0 Å². The average molecular weight is 312 g/mol. The van der Waals surface area contributed by atoms with Crippen molar-refractivity contribution in [1.29, 1.82) is 0 Å². The average Bonchev–Trinajstić information content (AvgIpc) is 3.03. The van der Waals surface area contributed by atoms with Crippen molar-refractivity contribution in [3.63, 3.8) is 0 Å². The molecule has 3 unspecified atom stereocenters. The first-order valence-electron chi connectivity index (χ1n) is 7.73. The Morgan fingerprint density at radius 1 is 1.38 bits per heavy atom. The fraction of sp³-hybridized carbons (Fsp3) is 0.786. The minimum absolute atomic E-state index is 0.138. The number of aromatic nitrogens is 2. The maximum Gasteiger partial charge on any atom is 0.262 e. The third kappa shape index (κ3) is 2.51. The molecule has 0 amide bonds. The van der Waals surface area contributed by atoms with Crippen molar-refractivity contribution in [2.45, 2.75) is 50.7 Å². The summed E-state index contributed by atoms with van der Waals surface area (Å²) in [6.07, 6.45) is 4.86. The first kappa shape index (κ1) is 15.0. The van der Waals surface area contributed by atoms with Gasteiger partial charge in [0.1, 0.15) is 5.82 Å². The Balaban J connectivity index is 1.85. The van der Waals surface area contributed by atoms with Gasteiger partial charge in [-0.3, -0.25) is 0 Å². The SMILES string of the molecule is CCn1cc(S(=O)(=O)N2CC3CCCC(N)C3C2)nc1C. The molecule has 3 rings (SSSR count). The topological polar surface area (TPSA) is 81.2 Å². The quantitative estimate of drug-likeness (QED) is 0.901. The Morgan fingerprint density at radius 2 is 2.14 bits per heavy atom. The van der Waals surface area contributed by atoms with Gasteiger partial charge in [-0.2, -0.15) is 4.31 Å². The highest BCUT2D eigenvalue weighted by Gasteiger charge is 2.43. The number of nitrogens with two attached hydrogens (primary N) is 1. The van der Waals surface area contributed by atoms with Crippen molar-refractivity contribution in [1.82, 2.24) is 13.9 Å². The number of rotatable bonds is 3. The fourth-order valence-electron chi connectivity index (χ4n) is 3.73. The Kier molecular flexibility index (Phi) is 3.83. The second-order valence-corrected chi connectivity index (χ2v) is 8.14. The van der Waals surface area contributed by atoms with Gasteiger partial charge in [-0.15, -0.1) is 0 Å². The number of aryl methyl sites for hydroxylation is 2. The van der Waals surface area contributed by atoms with Crippen LogP contribution in [0.2, 0.25) is 0 Å². The van der Waals surface area contributed by atoms with Crippen LogP contribution in [0, 0.1) is 18.8 Å². The number of nitrogens with zero attached hydrogens (tertiary/aromatic N) is 3. The number of sulfonamides is 1. The molecule has 3 atom stereocenters. The van der Waals surface area contributed by atoms with Gasteiger partial charge in [0, 0.05) is 31.9 Å². The van der Waals surface area contributed by atoms with Crippen molar-refractivity contribution in [3.05, 3.63) is 12.0 Å². The third-order valence-electron chi connectivity index (χ3n) is 5.02. The summed E-state index contributed by atoms with van der Waals surface area (Å²) in [6, 6.07) is 0.138. The second-order valence-electron chi connectivity index (χ2n) is 6.25. The summed E-state index contributed by atoms with van der Waals surface area (Å²) in [7, 11) is -3.49. The van der Waals surface area contributed by atoms with Gasteiger partial charge in [-0.1, -0.05) is 6.42 Å². The van der Waals surface area contributed by atoms with E-state index in [1.807, 2.05) is 18.4 Å². The van der Waals surface area contributed by atoms with Crippen LogP contribution in [0.1, 0.15) is 32.0 Å². The molecule has 1 aromatic rings. The molecule has 1 aliphatic heterocycles. The Bertz CT molecular complexity index is 625. The molecule has 7 heteroatoms. The lowest BCUT2D eigenvalue weighted by Gasteiger charge is -2.29. The predicted molar refractivity (Wildman–Crippen MR) is 80.2 cm³/mol. The van der Waals surface area contributed by atoms with E-state index in [-0.39, 0.29) is 11.1 Å². The summed E-state index contributed by atoms with van der Waals surface area (Å²) in [5, 5.41) is 0.175. The fourth-order valence-corrected chi connectivity index (χ4v) is 5.26. The highest BCUT2D eigenvalue weighted by Crippen LogP contribution is 2.37. The van der Waals surface area contributed by atoms with Crippen LogP contribution in [-0.2, 0) is 16.6 Å². The Morgan fingerprint density at radius 3 is 2.76 bits per heavy atom. The monoisotopic (exact) mass is 312 g/mol. The van der Waals surface area contributed by atoms with Crippen LogP contribution in [-0.4, -0.2) is 41.4 Å². The zero-order valence-electron chi connectivity index (χ0n) is 12.7. The summed E-state index contributed by atoms with van der Waals surface area (Å²) in [6.45, 7) is 5.69. The molecule has 0 radical (unpaired) electrons. The molecule has 0 spiro atoms. The van der Waals surface area contributed by atoms with E-state index in [4.69, 9.17) is 5.73 Å². The van der Waals surface area contributed by atoms with Crippen LogP contribution in [0.5, 0.6) is 0 Å². The van der Waals surface area contributed by atoms with Gasteiger partial charge in [0.2, 0.25) is 0 Å². The zero-order chi connectivity index (χ0) is 15.2. The smallest absolute Gasteiger partial charge is 0.262 e. The predicted octanol–water partition coefficient (Wildman–Crippen LogP) is 0.959. The second kappa shape index (κ2) is 5.37. The van der Waals surface area contributed by atoms with Gasteiger partial charge in [0.05, 0.1) is 0 Å². The molecule has 2 fully saturated rings. The molecule has 118 valence electrons. The molecule has 2 heterocycles. The minimum atomic E-state index is -3.49. The highest BCUT2D eigenvalue weighted by atomic mass is 32.2. The summed E-state index contributed by atoms with van der Waals surface area (Å²) in [5.41, 5.74) is 6.17. The summed E-state index contributed by atoms with van der Waals surface area (Å²) in [5.74, 6) is 1.46. The molecule has 2 N–H and O–H groups in total. The maximum atomic E-state index is 12.8. The molecule has 21 heavy (non-hydrogen) atoms. The van der Waals surface area contributed by atoms with Crippen LogP contribution >= 0.6 is 0 Å². The maximum absolute atomic E-state index is 12.8. The Hall–Kier alpha value is -0.920. The van der Waals surface area contributed by atoms with Crippen LogP contribution in [0.15, 0.2) is 11.2 Å². The lowest BCUT2D eigenvalue weighted by molar-refractivity contribution is 0.260. The summed E-state index contributed by atoms with van der Waals surface area (Å²) >= 11 is 0. The standard InChI is InChI=1S/C14H24N4O2S/c1-3-17-9-14(16-10(17)2)21(19,20)18-7-11-5-4-6-13(15)12(11)8-18/h9,11-13H,3-8,15H2,1-2H3. The van der Waals surface area contributed by atoms with Gasteiger partial charge in [-0.25, -0.2) is 13.4 Å². The molecule has 1 saturated heterocycles. The van der Waals surface area contributed by atoms with Crippen molar-refractivity contribution in [3.8, 4) is 0 Å². The van der Waals surface area contributed by atoms with Crippen LogP contribution in [0.3, 0.4) is 0 Å². The zero-order valence-corrected chi connectivity index (χ0v) is 13.5. The Labute approximate surface area is 126 Å². The molecule has 6 nitrogen and oxygen atoms in total. The lowest BCUT2D eigenvalue weighted by Crippen LogP contribution is -2.38. The normalized spacial score (nSPS) is 30.5. The van der Waals surface area contributed by atoms with E-state index in [0.717, 1.165) is 31.6 Å². The largest absolute Gasteiger partial charge is 0.334 e. The van der Waals surface area contributed by atoms with E-state index in [2.05, 4.69) is 4.98 Å². The van der Waals surface area contributed by atoms with Gasteiger partial charge in [-0.05, 0) is 38.5 Å². The molecule has 0 bridgehead atoms. The van der Waals surface area contributed by atoms with Gasteiger partial charge in [0.15, 0.2) is 5.03 Å². The minimum Gasteiger partial charge on any atom is -0.334 e. The van der Waals surface area contributed by atoms with E-state index in [0.29, 0.717) is 24.9 Å². The van der Waals surface area contributed by atoms with Crippen molar-refractivity contribution in [2.24, 2.45) is 17.6 Å². The lowest BCUT2D eigenvalue weighted by atomic mass is 9.78. The van der Waals surface area contributed by atoms with Gasteiger partial charge >= 0.3 is 0 Å². The van der Waals surface area contributed by atoms with Gasteiger partial charge in [0.25, 0.3) is 10.0 Å².